The molecule has 3 aromatic carbocycles. The molecule has 8 heteroatoms. The highest BCUT2D eigenvalue weighted by atomic mass is 32.2. The third-order valence-corrected chi connectivity index (χ3v) is 13.1. The Balaban J connectivity index is 1.06. The maximum absolute atomic E-state index is 13.3. The van der Waals surface area contributed by atoms with Crippen LogP contribution in [0.2, 0.25) is 0 Å². The Hall–Kier alpha value is -3.33. The van der Waals surface area contributed by atoms with Gasteiger partial charge in [-0.1, -0.05) is 101 Å². The van der Waals surface area contributed by atoms with E-state index in [-0.39, 0.29) is 47.6 Å². The summed E-state index contributed by atoms with van der Waals surface area (Å²) in [6.45, 7) is 6.11. The molecule has 2 fully saturated rings. The zero-order valence-electron chi connectivity index (χ0n) is 33.4. The number of anilines is 1. The first-order chi connectivity index (χ1) is 26.9. The van der Waals surface area contributed by atoms with Gasteiger partial charge in [0.15, 0.2) is 0 Å². The second kappa shape index (κ2) is 21.3. The van der Waals surface area contributed by atoms with Crippen molar-refractivity contribution < 1.29 is 28.5 Å². The molecule has 1 unspecified atom stereocenters. The van der Waals surface area contributed by atoms with Crippen LogP contribution in [0, 0.1) is 0 Å². The smallest absolute Gasteiger partial charge is 0.338 e. The third kappa shape index (κ3) is 11.6. The van der Waals surface area contributed by atoms with Gasteiger partial charge in [-0.3, -0.25) is 0 Å². The van der Waals surface area contributed by atoms with Crippen LogP contribution in [-0.4, -0.2) is 62.0 Å². The minimum absolute atomic E-state index is 0.0213. The minimum Gasteiger partial charge on any atom is -0.459 e. The van der Waals surface area contributed by atoms with Gasteiger partial charge in [-0.2, -0.15) is 0 Å². The van der Waals surface area contributed by atoms with E-state index in [0.717, 1.165) is 88.5 Å². The van der Waals surface area contributed by atoms with Crippen LogP contribution in [0.5, 0.6) is 0 Å². The molecule has 6 rings (SSSR count). The number of unbranched alkanes of at least 4 members (excludes halogenated alkanes) is 6. The van der Waals surface area contributed by atoms with Crippen molar-refractivity contribution in [1.29, 1.82) is 0 Å². The number of hydrogen-bond acceptors (Lipinski definition) is 8. The molecule has 298 valence electrons. The number of nitrogens with zero attached hydrogens (tertiary/aromatic N) is 1. The van der Waals surface area contributed by atoms with E-state index < -0.39 is 0 Å². The zero-order chi connectivity index (χ0) is 38.4. The van der Waals surface area contributed by atoms with Crippen LogP contribution in [0.15, 0.2) is 77.7 Å². The largest absolute Gasteiger partial charge is 0.459 e. The number of thioether (sulfide) groups is 1. The van der Waals surface area contributed by atoms with Crippen LogP contribution in [0.3, 0.4) is 0 Å². The van der Waals surface area contributed by atoms with Crippen molar-refractivity contribution in [3.8, 4) is 0 Å². The average molecular weight is 770 g/mol. The fourth-order valence-corrected chi connectivity index (χ4v) is 9.76. The van der Waals surface area contributed by atoms with Crippen LogP contribution < -0.4 is 4.90 Å². The number of ether oxygens (including phenoxy) is 4. The van der Waals surface area contributed by atoms with Crippen molar-refractivity contribution in [2.24, 2.45) is 0 Å². The number of benzene rings is 3. The van der Waals surface area contributed by atoms with Crippen LogP contribution in [0.4, 0.5) is 5.69 Å². The summed E-state index contributed by atoms with van der Waals surface area (Å²) in [4.78, 5) is 30.2. The molecule has 1 heterocycles. The molecule has 55 heavy (non-hydrogen) atoms. The van der Waals surface area contributed by atoms with E-state index in [2.05, 4.69) is 74.3 Å². The maximum Gasteiger partial charge on any atom is 0.338 e. The highest BCUT2D eigenvalue weighted by Crippen LogP contribution is 2.49. The zero-order valence-corrected chi connectivity index (χ0v) is 34.2. The lowest BCUT2D eigenvalue weighted by molar-refractivity contribution is -0.0205. The van der Waals surface area contributed by atoms with Crippen LogP contribution >= 0.6 is 11.8 Å². The SMILES string of the molecule is CCCCCCOC1CCC(OC(=O)c2ccc(C(c3ccc(C(=O)OC4CCC(OCCCCCC)CC4)cc3)C3Sc4ccccc4N3C)cc2)CC1. The van der Waals surface area contributed by atoms with Crippen molar-refractivity contribution in [2.75, 3.05) is 25.2 Å². The van der Waals surface area contributed by atoms with Gasteiger partial charge in [0.05, 0.1) is 34.4 Å². The normalized spacial score (nSPS) is 22.9. The summed E-state index contributed by atoms with van der Waals surface area (Å²) in [6.07, 6.45) is 17.2. The number of para-hydroxylation sites is 1. The standard InChI is InChI=1S/C47H63NO6S/c1-4-6-8-12-32-51-38-24-28-40(29-25-38)53-46(49)36-20-16-34(17-21-36)44(45-48(3)42-14-10-11-15-43(42)55-45)35-18-22-37(23-19-35)47(50)54-41-30-26-39(27-31-41)52-33-13-9-7-5-2/h10-11,14-23,38-41,44-45H,4-9,12-13,24-33H2,1-3H3. The number of carbonyl (C=O) groups excluding carboxylic acids is 2. The van der Waals surface area contributed by atoms with Gasteiger partial charge in [0, 0.05) is 31.1 Å². The van der Waals surface area contributed by atoms with Gasteiger partial charge in [-0.25, -0.2) is 9.59 Å². The summed E-state index contributed by atoms with van der Waals surface area (Å²) in [7, 11) is 2.15. The van der Waals surface area contributed by atoms with Crippen molar-refractivity contribution in [2.45, 2.75) is 157 Å². The van der Waals surface area contributed by atoms with E-state index >= 15 is 0 Å². The average Bonchev–Trinajstić information content (AvgIpc) is 3.54. The predicted molar refractivity (Wildman–Crippen MR) is 222 cm³/mol. The summed E-state index contributed by atoms with van der Waals surface area (Å²) in [5.41, 5.74) is 4.54. The number of fused-ring (bicyclic) bond motifs is 1. The topological polar surface area (TPSA) is 74.3 Å². The summed E-state index contributed by atoms with van der Waals surface area (Å²) >= 11 is 1.85. The first-order valence-corrected chi connectivity index (χ1v) is 22.1. The molecule has 0 N–H and O–H groups in total. The van der Waals surface area contributed by atoms with E-state index in [1.165, 1.54) is 49.1 Å². The van der Waals surface area contributed by atoms with Crippen LogP contribution in [-0.2, 0) is 18.9 Å². The van der Waals surface area contributed by atoms with Gasteiger partial charge < -0.3 is 23.8 Å². The fourth-order valence-electron chi connectivity index (χ4n) is 8.29. The Labute approximate surface area is 334 Å². The van der Waals surface area contributed by atoms with Crippen LogP contribution in [0.1, 0.15) is 154 Å². The number of carbonyl (C=O) groups is 2. The Morgan fingerprint density at radius 1 is 0.600 bits per heavy atom. The second-order valence-electron chi connectivity index (χ2n) is 15.8. The first-order valence-electron chi connectivity index (χ1n) is 21.3. The molecule has 0 amide bonds. The van der Waals surface area contributed by atoms with Gasteiger partial charge >= 0.3 is 11.9 Å². The molecule has 0 spiro atoms. The molecular weight excluding hydrogens is 707 g/mol. The summed E-state index contributed by atoms with van der Waals surface area (Å²) in [5, 5.41) is 0.0844. The molecule has 2 aliphatic carbocycles. The molecule has 1 aliphatic heterocycles. The quantitative estimate of drug-likeness (QED) is 0.0881. The lowest BCUT2D eigenvalue weighted by atomic mass is 9.89. The van der Waals surface area contributed by atoms with E-state index in [1.807, 2.05) is 36.0 Å². The molecule has 0 radical (unpaired) electrons. The molecule has 0 aromatic heterocycles. The number of hydrogen-bond donors (Lipinski definition) is 0. The highest BCUT2D eigenvalue weighted by molar-refractivity contribution is 8.00. The Kier molecular flexibility index (Phi) is 16.0. The van der Waals surface area contributed by atoms with Crippen molar-refractivity contribution >= 4 is 29.4 Å². The van der Waals surface area contributed by atoms with Gasteiger partial charge in [0.2, 0.25) is 0 Å². The second-order valence-corrected chi connectivity index (χ2v) is 16.9. The molecule has 3 aliphatic rings. The van der Waals surface area contributed by atoms with Crippen molar-refractivity contribution in [3.63, 3.8) is 0 Å². The molecule has 0 bridgehead atoms. The van der Waals surface area contributed by atoms with Crippen molar-refractivity contribution in [1.82, 2.24) is 0 Å². The lowest BCUT2D eigenvalue weighted by Gasteiger charge is -2.31. The van der Waals surface area contributed by atoms with E-state index in [9.17, 15) is 9.59 Å². The molecule has 3 aromatic rings. The minimum atomic E-state index is -0.266. The molecular formula is C47H63NO6S. The third-order valence-electron chi connectivity index (χ3n) is 11.7. The van der Waals surface area contributed by atoms with Gasteiger partial charge in [0.25, 0.3) is 0 Å². The molecule has 7 nitrogen and oxygen atoms in total. The highest BCUT2D eigenvalue weighted by Gasteiger charge is 2.36. The van der Waals surface area contributed by atoms with E-state index in [4.69, 9.17) is 18.9 Å². The Morgan fingerprint density at radius 3 is 1.47 bits per heavy atom. The van der Waals surface area contributed by atoms with Gasteiger partial charge in [-0.05, 0) is 112 Å². The predicted octanol–water partition coefficient (Wildman–Crippen LogP) is 11.5. The number of rotatable bonds is 19. The Bertz CT molecular complexity index is 1520. The Morgan fingerprint density at radius 2 is 1.04 bits per heavy atom. The van der Waals surface area contributed by atoms with Gasteiger partial charge in [-0.15, -0.1) is 0 Å². The summed E-state index contributed by atoms with van der Waals surface area (Å²) in [5.74, 6) is -0.553. The molecule has 0 saturated heterocycles. The lowest BCUT2D eigenvalue weighted by Crippen LogP contribution is -2.31. The van der Waals surface area contributed by atoms with Crippen LogP contribution in [0.25, 0.3) is 0 Å². The summed E-state index contributed by atoms with van der Waals surface area (Å²) in [6, 6.07) is 24.4. The first kappa shape index (κ1) is 41.3. The van der Waals surface area contributed by atoms with E-state index in [1.54, 1.807) is 0 Å². The monoisotopic (exact) mass is 769 g/mol. The summed E-state index contributed by atoms with van der Waals surface area (Å²) < 4.78 is 24.2. The van der Waals surface area contributed by atoms with Gasteiger partial charge in [0.1, 0.15) is 12.2 Å². The molecule has 1 atom stereocenters. The molecule has 2 saturated carbocycles. The number of esters is 2. The fraction of sp³-hybridized carbons (Fsp3) is 0.574. The maximum atomic E-state index is 13.3. The van der Waals surface area contributed by atoms with Crippen molar-refractivity contribution in [3.05, 3.63) is 95.1 Å². The van der Waals surface area contributed by atoms with E-state index in [0.29, 0.717) is 11.1 Å². The number of likely N-dealkylation sites (N-methyl/N-ethyl adjacent to an activating group) is 1.